The van der Waals surface area contributed by atoms with Gasteiger partial charge >= 0.3 is 5.97 Å². The molecule has 0 spiro atoms. The number of thiophene rings is 1. The van der Waals surface area contributed by atoms with Gasteiger partial charge in [-0.1, -0.05) is 17.7 Å². The summed E-state index contributed by atoms with van der Waals surface area (Å²) in [5.74, 6) is -1.42. The van der Waals surface area contributed by atoms with E-state index in [0.717, 1.165) is 11.1 Å². The van der Waals surface area contributed by atoms with Gasteiger partial charge in [-0.15, -0.1) is 0 Å². The molecule has 0 saturated carbocycles. The Morgan fingerprint density at radius 3 is 2.75 bits per heavy atom. The van der Waals surface area contributed by atoms with E-state index in [1.807, 2.05) is 23.8 Å². The molecule has 28 heavy (non-hydrogen) atoms. The molecule has 0 fully saturated rings. The van der Waals surface area contributed by atoms with Gasteiger partial charge in [0.25, 0.3) is 5.91 Å². The Kier molecular flexibility index (Phi) is 8.22. The van der Waals surface area contributed by atoms with Crippen LogP contribution in [0.5, 0.6) is 0 Å². The highest BCUT2D eigenvalue weighted by Crippen LogP contribution is 2.20. The molecule has 0 atom stereocenters. The van der Waals surface area contributed by atoms with E-state index in [4.69, 9.17) is 16.3 Å². The van der Waals surface area contributed by atoms with E-state index in [0.29, 0.717) is 17.3 Å². The molecule has 2 rings (SSSR count). The van der Waals surface area contributed by atoms with Crippen molar-refractivity contribution < 1.29 is 19.1 Å². The Balaban J connectivity index is 1.84. The lowest BCUT2D eigenvalue weighted by Crippen LogP contribution is -2.40. The quantitative estimate of drug-likeness (QED) is 0.521. The van der Waals surface area contributed by atoms with Crippen molar-refractivity contribution >= 4 is 52.5 Å². The molecule has 1 N–H and O–H groups in total. The van der Waals surface area contributed by atoms with Crippen LogP contribution in [0.25, 0.3) is 6.08 Å². The Morgan fingerprint density at radius 2 is 2.07 bits per heavy atom. The van der Waals surface area contributed by atoms with E-state index in [1.54, 1.807) is 31.2 Å². The van der Waals surface area contributed by atoms with Gasteiger partial charge in [-0.25, -0.2) is 4.79 Å². The van der Waals surface area contributed by atoms with Crippen molar-refractivity contribution in [3.05, 3.63) is 57.3 Å². The average Bonchev–Trinajstić information content (AvgIpc) is 3.19. The average molecular weight is 421 g/mol. The topological polar surface area (TPSA) is 75.7 Å². The summed E-state index contributed by atoms with van der Waals surface area (Å²) in [5.41, 5.74) is 2.33. The zero-order valence-electron chi connectivity index (χ0n) is 15.6. The summed E-state index contributed by atoms with van der Waals surface area (Å²) >= 11 is 7.46. The van der Waals surface area contributed by atoms with E-state index >= 15 is 0 Å². The fraction of sp³-hybridized carbons (Fsp3) is 0.250. The van der Waals surface area contributed by atoms with Crippen molar-refractivity contribution in [2.45, 2.75) is 13.8 Å². The number of anilines is 1. The molecule has 0 aliphatic heterocycles. The fourth-order valence-corrected chi connectivity index (χ4v) is 3.08. The summed E-state index contributed by atoms with van der Waals surface area (Å²) in [6, 6.07) is 7.03. The number of esters is 1. The molecule has 6 nitrogen and oxygen atoms in total. The Bertz CT molecular complexity index is 865. The lowest BCUT2D eigenvalue weighted by molar-refractivity contribution is -0.148. The predicted molar refractivity (Wildman–Crippen MR) is 111 cm³/mol. The molecule has 0 saturated heterocycles. The first kappa shape index (κ1) is 21.7. The largest absolute Gasteiger partial charge is 0.452 e. The second-order valence-corrected chi connectivity index (χ2v) is 7.13. The third-order valence-corrected chi connectivity index (χ3v) is 4.77. The van der Waals surface area contributed by atoms with Gasteiger partial charge in [-0.3, -0.25) is 9.59 Å². The summed E-state index contributed by atoms with van der Waals surface area (Å²) in [5, 5.41) is 7.02. The van der Waals surface area contributed by atoms with Crippen molar-refractivity contribution in [1.82, 2.24) is 4.90 Å². The minimum Gasteiger partial charge on any atom is -0.452 e. The number of hydrogen-bond acceptors (Lipinski definition) is 5. The molecular formula is C20H21ClN2O4S. The number of nitrogens with zero attached hydrogens (tertiary/aromatic N) is 1. The third-order valence-electron chi connectivity index (χ3n) is 3.84. The van der Waals surface area contributed by atoms with Crippen LogP contribution < -0.4 is 5.32 Å². The highest BCUT2D eigenvalue weighted by atomic mass is 35.5. The monoisotopic (exact) mass is 420 g/mol. The van der Waals surface area contributed by atoms with Crippen molar-refractivity contribution in [2.75, 3.05) is 25.0 Å². The maximum absolute atomic E-state index is 12.3. The Labute approximate surface area is 172 Å². The van der Waals surface area contributed by atoms with Crippen molar-refractivity contribution in [3.63, 3.8) is 0 Å². The van der Waals surface area contributed by atoms with E-state index in [9.17, 15) is 14.4 Å². The minimum atomic E-state index is -0.616. The minimum absolute atomic E-state index is 0.149. The summed E-state index contributed by atoms with van der Waals surface area (Å²) in [6.07, 6.45) is 2.88. The maximum Gasteiger partial charge on any atom is 0.331 e. The number of halogens is 1. The third kappa shape index (κ3) is 6.83. The zero-order valence-corrected chi connectivity index (χ0v) is 17.2. The van der Waals surface area contributed by atoms with Crippen LogP contribution in [-0.4, -0.2) is 42.4 Å². The fourth-order valence-electron chi connectivity index (χ4n) is 2.27. The molecule has 0 unspecified atom stereocenters. The van der Waals surface area contributed by atoms with Crippen LogP contribution in [0.1, 0.15) is 18.1 Å². The molecule has 1 aromatic carbocycles. The molecule has 0 radical (unpaired) electrons. The Morgan fingerprint density at radius 1 is 1.29 bits per heavy atom. The second-order valence-electron chi connectivity index (χ2n) is 5.91. The number of aryl methyl sites for hydroxylation is 1. The molecule has 1 heterocycles. The van der Waals surface area contributed by atoms with Gasteiger partial charge in [-0.2, -0.15) is 11.3 Å². The van der Waals surface area contributed by atoms with Gasteiger partial charge in [-0.05, 0) is 60.0 Å². The molecule has 0 aliphatic rings. The number of ether oxygens (including phenoxy) is 1. The van der Waals surface area contributed by atoms with Crippen LogP contribution >= 0.6 is 22.9 Å². The number of carbonyl (C=O) groups is 3. The Hall–Kier alpha value is -2.64. The van der Waals surface area contributed by atoms with Crippen molar-refractivity contribution in [1.29, 1.82) is 0 Å². The smallest absolute Gasteiger partial charge is 0.331 e. The zero-order chi connectivity index (χ0) is 20.5. The summed E-state index contributed by atoms with van der Waals surface area (Å²) in [7, 11) is 0. The van der Waals surface area contributed by atoms with Gasteiger partial charge in [0.2, 0.25) is 5.91 Å². The molecule has 2 amide bonds. The van der Waals surface area contributed by atoms with Crippen LogP contribution in [-0.2, 0) is 19.1 Å². The number of nitrogens with one attached hydrogen (secondary N) is 1. The molecule has 8 heteroatoms. The van der Waals surface area contributed by atoms with Crippen molar-refractivity contribution in [2.24, 2.45) is 0 Å². The maximum atomic E-state index is 12.3. The normalized spacial score (nSPS) is 10.7. The van der Waals surface area contributed by atoms with Crippen LogP contribution in [0.4, 0.5) is 5.69 Å². The van der Waals surface area contributed by atoms with E-state index in [2.05, 4.69) is 5.32 Å². The van der Waals surface area contributed by atoms with Crippen LogP contribution in [0.3, 0.4) is 0 Å². The molecule has 148 valence electrons. The van der Waals surface area contributed by atoms with Gasteiger partial charge in [0.1, 0.15) is 0 Å². The molecular weight excluding hydrogens is 400 g/mol. The number of carbonyl (C=O) groups excluding carboxylic acids is 3. The van der Waals surface area contributed by atoms with Gasteiger partial charge in [0.15, 0.2) is 6.61 Å². The van der Waals surface area contributed by atoms with E-state index in [1.165, 1.54) is 22.3 Å². The number of likely N-dealkylation sites (N-methyl/N-ethyl adjacent to an activating group) is 1. The van der Waals surface area contributed by atoms with Crippen LogP contribution in [0, 0.1) is 6.92 Å². The lowest BCUT2D eigenvalue weighted by Gasteiger charge is -2.20. The standard InChI is InChI=1S/C20H21ClN2O4S/c1-3-23(11-18(24)22-17-10-16(21)6-4-14(17)2)19(25)12-27-20(26)7-5-15-8-9-28-13-15/h4-10,13H,3,11-12H2,1-2H3,(H,22,24)/b7-5+. The first-order chi connectivity index (χ1) is 13.4. The molecule has 2 aromatic rings. The van der Waals surface area contributed by atoms with Crippen LogP contribution in [0.15, 0.2) is 41.1 Å². The van der Waals surface area contributed by atoms with Gasteiger partial charge < -0.3 is 15.0 Å². The van der Waals surface area contributed by atoms with Crippen LogP contribution in [0.2, 0.25) is 5.02 Å². The summed E-state index contributed by atoms with van der Waals surface area (Å²) in [6.45, 7) is 3.32. The number of benzene rings is 1. The van der Waals surface area contributed by atoms with Crippen molar-refractivity contribution in [3.8, 4) is 0 Å². The van der Waals surface area contributed by atoms with Gasteiger partial charge in [0.05, 0.1) is 6.54 Å². The van der Waals surface area contributed by atoms with E-state index < -0.39 is 18.5 Å². The molecule has 1 aromatic heterocycles. The highest BCUT2D eigenvalue weighted by Gasteiger charge is 2.17. The predicted octanol–water partition coefficient (Wildman–Crippen LogP) is 3.75. The summed E-state index contributed by atoms with van der Waals surface area (Å²) in [4.78, 5) is 37.5. The SMILES string of the molecule is CCN(CC(=O)Nc1cc(Cl)ccc1C)C(=O)COC(=O)/C=C/c1ccsc1. The number of rotatable bonds is 8. The van der Waals surface area contributed by atoms with Gasteiger partial charge in [0, 0.05) is 23.3 Å². The summed E-state index contributed by atoms with van der Waals surface area (Å²) < 4.78 is 4.96. The molecule has 0 aliphatic carbocycles. The number of amides is 2. The lowest BCUT2D eigenvalue weighted by atomic mass is 10.2. The molecule has 0 bridgehead atoms. The highest BCUT2D eigenvalue weighted by molar-refractivity contribution is 7.08. The number of hydrogen-bond donors (Lipinski definition) is 1. The second kappa shape index (κ2) is 10.6. The first-order valence-electron chi connectivity index (χ1n) is 8.60. The first-order valence-corrected chi connectivity index (χ1v) is 9.92. The van der Waals surface area contributed by atoms with E-state index in [-0.39, 0.29) is 12.5 Å².